The van der Waals surface area contributed by atoms with Gasteiger partial charge in [0.2, 0.25) is 5.91 Å². The number of benzene rings is 1. The minimum atomic E-state index is -0.180. The van der Waals surface area contributed by atoms with E-state index in [0.29, 0.717) is 13.1 Å². The highest BCUT2D eigenvalue weighted by atomic mass is 16.3. The van der Waals surface area contributed by atoms with E-state index in [9.17, 15) is 9.90 Å². The van der Waals surface area contributed by atoms with Crippen molar-refractivity contribution < 1.29 is 9.90 Å². The third-order valence-electron chi connectivity index (χ3n) is 3.86. The van der Waals surface area contributed by atoms with Crippen LogP contribution in [0.3, 0.4) is 0 Å². The van der Waals surface area contributed by atoms with E-state index >= 15 is 0 Å². The highest BCUT2D eigenvalue weighted by Gasteiger charge is 2.24. The number of rotatable bonds is 7. The number of nitrogens with zero attached hydrogens (tertiary/aromatic N) is 3. The summed E-state index contributed by atoms with van der Waals surface area (Å²) in [5, 5.41) is 9.29. The molecule has 2 aromatic rings. The van der Waals surface area contributed by atoms with Crippen LogP contribution in [0.1, 0.15) is 30.5 Å². The fraction of sp³-hybridized carbons (Fsp3) is 0.412. The molecule has 0 aliphatic rings. The highest BCUT2D eigenvalue weighted by Crippen LogP contribution is 2.22. The number of carbonyl (C=O) groups excluding carboxylic acids is 1. The average Bonchev–Trinajstić information content (AvgIpc) is 2.94. The topological polar surface area (TPSA) is 58.4 Å². The molecule has 22 heavy (non-hydrogen) atoms. The molecule has 0 unspecified atom stereocenters. The van der Waals surface area contributed by atoms with Crippen LogP contribution in [0.4, 0.5) is 0 Å². The van der Waals surface area contributed by atoms with Crippen molar-refractivity contribution in [3.63, 3.8) is 0 Å². The number of hydrogen-bond acceptors (Lipinski definition) is 3. The van der Waals surface area contributed by atoms with Gasteiger partial charge in [0, 0.05) is 19.8 Å². The van der Waals surface area contributed by atoms with Crippen LogP contribution in [0.5, 0.6) is 0 Å². The Morgan fingerprint density at radius 1 is 1.36 bits per heavy atom. The Bertz CT molecular complexity index is 595. The Balaban J connectivity index is 2.19. The van der Waals surface area contributed by atoms with E-state index in [1.54, 1.807) is 17.4 Å². The summed E-state index contributed by atoms with van der Waals surface area (Å²) >= 11 is 0. The second kappa shape index (κ2) is 7.75. The van der Waals surface area contributed by atoms with Crippen LogP contribution in [0.2, 0.25) is 0 Å². The van der Waals surface area contributed by atoms with Gasteiger partial charge < -0.3 is 14.6 Å². The van der Waals surface area contributed by atoms with Crippen molar-refractivity contribution in [2.75, 3.05) is 13.2 Å². The molecule has 1 aromatic heterocycles. The molecule has 0 saturated carbocycles. The van der Waals surface area contributed by atoms with Crippen molar-refractivity contribution in [3.8, 4) is 0 Å². The smallest absolute Gasteiger partial charge is 0.230 e. The van der Waals surface area contributed by atoms with Gasteiger partial charge in [0.15, 0.2) is 0 Å². The lowest BCUT2D eigenvalue weighted by molar-refractivity contribution is -0.134. The highest BCUT2D eigenvalue weighted by molar-refractivity contribution is 5.83. The van der Waals surface area contributed by atoms with Crippen molar-refractivity contribution in [2.45, 2.75) is 25.8 Å². The maximum absolute atomic E-state index is 12.9. The molecule has 0 spiro atoms. The summed E-state index contributed by atoms with van der Waals surface area (Å²) in [5.41, 5.74) is 1.97. The molecule has 0 aliphatic carbocycles. The van der Waals surface area contributed by atoms with Gasteiger partial charge in [-0.2, -0.15) is 0 Å². The van der Waals surface area contributed by atoms with Gasteiger partial charge >= 0.3 is 0 Å². The van der Waals surface area contributed by atoms with Crippen LogP contribution < -0.4 is 0 Å². The molecule has 5 heteroatoms. The number of aromatic nitrogens is 2. The van der Waals surface area contributed by atoms with Crippen molar-refractivity contribution in [3.05, 3.63) is 54.1 Å². The summed E-state index contributed by atoms with van der Waals surface area (Å²) < 4.78 is 1.89. The minimum Gasteiger partial charge on any atom is -0.395 e. The molecule has 1 N–H and O–H groups in total. The van der Waals surface area contributed by atoms with Crippen LogP contribution in [0, 0.1) is 0 Å². The third-order valence-corrected chi connectivity index (χ3v) is 3.86. The summed E-state index contributed by atoms with van der Waals surface area (Å²) in [6, 6.07) is 9.80. The Hall–Kier alpha value is -2.14. The number of imidazole rings is 1. The molecular formula is C17H23N3O2. The molecule has 1 aromatic carbocycles. The lowest BCUT2D eigenvalue weighted by Gasteiger charge is -2.26. The van der Waals surface area contributed by atoms with Crippen LogP contribution in [-0.4, -0.2) is 38.6 Å². The Kier molecular flexibility index (Phi) is 5.72. The van der Waals surface area contributed by atoms with Crippen LogP contribution in [-0.2, 0) is 18.4 Å². The molecule has 5 nitrogen and oxygen atoms in total. The Morgan fingerprint density at radius 2 is 2.09 bits per heavy atom. The number of carbonyl (C=O) groups is 1. The maximum Gasteiger partial charge on any atom is 0.230 e. The van der Waals surface area contributed by atoms with Crippen molar-refractivity contribution in [2.24, 2.45) is 7.05 Å². The predicted octanol–water partition coefficient (Wildman–Crippen LogP) is 1.93. The van der Waals surface area contributed by atoms with E-state index in [4.69, 9.17) is 0 Å². The van der Waals surface area contributed by atoms with Gasteiger partial charge in [-0.1, -0.05) is 37.3 Å². The lowest BCUT2D eigenvalue weighted by Crippen LogP contribution is -2.37. The van der Waals surface area contributed by atoms with E-state index < -0.39 is 0 Å². The summed E-state index contributed by atoms with van der Waals surface area (Å²) in [5.74, 6) is -0.134. The zero-order chi connectivity index (χ0) is 15.9. The molecule has 118 valence electrons. The molecule has 0 bridgehead atoms. The number of hydrogen-bond donors (Lipinski definition) is 1. The molecule has 0 radical (unpaired) electrons. The summed E-state index contributed by atoms with van der Waals surface area (Å²) in [4.78, 5) is 18.7. The monoisotopic (exact) mass is 301 g/mol. The molecular weight excluding hydrogens is 278 g/mol. The second-order valence-corrected chi connectivity index (χ2v) is 5.35. The first kappa shape index (κ1) is 16.2. The van der Waals surface area contributed by atoms with Crippen LogP contribution in [0.25, 0.3) is 0 Å². The van der Waals surface area contributed by atoms with Gasteiger partial charge in [-0.25, -0.2) is 4.98 Å². The number of aryl methyl sites for hydroxylation is 1. The van der Waals surface area contributed by atoms with E-state index in [-0.39, 0.29) is 18.4 Å². The number of aliphatic hydroxyl groups is 1. The zero-order valence-corrected chi connectivity index (χ0v) is 13.1. The van der Waals surface area contributed by atoms with Gasteiger partial charge in [-0.15, -0.1) is 0 Å². The van der Waals surface area contributed by atoms with E-state index in [0.717, 1.165) is 17.7 Å². The maximum atomic E-state index is 12.9. The molecule has 1 atom stereocenters. The van der Waals surface area contributed by atoms with Crippen molar-refractivity contribution in [1.29, 1.82) is 0 Å². The van der Waals surface area contributed by atoms with E-state index in [1.807, 2.05) is 48.9 Å². The number of amides is 1. The molecule has 0 saturated heterocycles. The molecule has 2 rings (SSSR count). The van der Waals surface area contributed by atoms with E-state index in [1.165, 1.54) is 0 Å². The standard InChI is InChI=1S/C17H23N3O2/c1-3-16(14-7-5-4-6-8-14)17(22)20(9-10-21)12-15-11-18-13-19(15)2/h4-8,11,13,16,21H,3,9-10,12H2,1-2H3/t16-/m1/s1. The van der Waals surface area contributed by atoms with Gasteiger partial charge in [0.1, 0.15) is 0 Å². The zero-order valence-electron chi connectivity index (χ0n) is 13.1. The third kappa shape index (κ3) is 3.74. The normalized spacial score (nSPS) is 12.1. The molecule has 0 fully saturated rings. The Labute approximate surface area is 131 Å². The lowest BCUT2D eigenvalue weighted by atomic mass is 9.95. The molecule has 0 aliphatic heterocycles. The van der Waals surface area contributed by atoms with Crippen molar-refractivity contribution in [1.82, 2.24) is 14.5 Å². The fourth-order valence-corrected chi connectivity index (χ4v) is 2.58. The largest absolute Gasteiger partial charge is 0.395 e. The SMILES string of the molecule is CC[C@@H](C(=O)N(CCO)Cc1cncn1C)c1ccccc1. The molecule has 1 amide bonds. The average molecular weight is 301 g/mol. The summed E-state index contributed by atoms with van der Waals surface area (Å²) in [6.45, 7) is 2.75. The quantitative estimate of drug-likeness (QED) is 0.850. The summed E-state index contributed by atoms with van der Waals surface area (Å²) in [6.07, 6.45) is 4.20. The summed E-state index contributed by atoms with van der Waals surface area (Å²) in [7, 11) is 1.90. The predicted molar refractivity (Wildman–Crippen MR) is 85.2 cm³/mol. The first-order valence-electron chi connectivity index (χ1n) is 7.57. The van der Waals surface area contributed by atoms with E-state index in [2.05, 4.69) is 4.98 Å². The first-order valence-corrected chi connectivity index (χ1v) is 7.57. The van der Waals surface area contributed by atoms with Gasteiger partial charge in [-0.05, 0) is 12.0 Å². The Morgan fingerprint density at radius 3 is 2.64 bits per heavy atom. The minimum absolute atomic E-state index is 0.0453. The van der Waals surface area contributed by atoms with Crippen LogP contribution in [0.15, 0.2) is 42.9 Å². The van der Waals surface area contributed by atoms with Gasteiger partial charge in [0.25, 0.3) is 0 Å². The van der Waals surface area contributed by atoms with Gasteiger partial charge in [-0.3, -0.25) is 4.79 Å². The van der Waals surface area contributed by atoms with Gasteiger partial charge in [0.05, 0.1) is 31.1 Å². The molecule has 1 heterocycles. The fourth-order valence-electron chi connectivity index (χ4n) is 2.58. The van der Waals surface area contributed by atoms with Crippen molar-refractivity contribution >= 4 is 5.91 Å². The number of aliphatic hydroxyl groups excluding tert-OH is 1. The first-order chi connectivity index (χ1) is 10.7. The van der Waals surface area contributed by atoms with Crippen LogP contribution >= 0.6 is 0 Å². The second-order valence-electron chi connectivity index (χ2n) is 5.35.